The molecule has 0 atom stereocenters. The van der Waals surface area contributed by atoms with Crippen molar-refractivity contribution in [2.75, 3.05) is 0 Å². The number of aromatic amines is 1. The molecule has 0 aliphatic rings. The minimum absolute atomic E-state index is 0.0315. The molecule has 24 heavy (non-hydrogen) atoms. The summed E-state index contributed by atoms with van der Waals surface area (Å²) in [4.78, 5) is 23.1. The third-order valence-electron chi connectivity index (χ3n) is 4.18. The van der Waals surface area contributed by atoms with Crippen LogP contribution in [-0.2, 0) is 5.75 Å². The number of aromatic nitrogens is 2. The highest BCUT2D eigenvalue weighted by Gasteiger charge is 2.12. The Hall–Kier alpha value is -2.11. The fourth-order valence-corrected chi connectivity index (χ4v) is 4.64. The number of nitrogens with one attached hydrogen (secondary N) is 1. The van der Waals surface area contributed by atoms with E-state index < -0.39 is 0 Å². The predicted octanol–water partition coefficient (Wildman–Crippen LogP) is 5.05. The van der Waals surface area contributed by atoms with Crippen LogP contribution < -0.4 is 5.56 Å². The third-order valence-corrected chi connectivity index (χ3v) is 6.29. The first-order valence-electron chi connectivity index (χ1n) is 7.72. The van der Waals surface area contributed by atoms with Crippen molar-refractivity contribution in [3.8, 4) is 0 Å². The van der Waals surface area contributed by atoms with Crippen LogP contribution in [0.15, 0.2) is 52.2 Å². The molecule has 0 saturated carbocycles. The second kappa shape index (κ2) is 6.07. The summed E-state index contributed by atoms with van der Waals surface area (Å²) in [6.07, 6.45) is 0. The van der Waals surface area contributed by atoms with Crippen LogP contribution in [0.4, 0.5) is 0 Å². The summed E-state index contributed by atoms with van der Waals surface area (Å²) in [5, 5.41) is 3.19. The number of thioether (sulfide) groups is 1. The Kier molecular flexibility index (Phi) is 3.90. The molecule has 0 aliphatic carbocycles. The Morgan fingerprint density at radius 1 is 1.12 bits per heavy atom. The van der Waals surface area contributed by atoms with Gasteiger partial charge in [0.15, 0.2) is 0 Å². The van der Waals surface area contributed by atoms with E-state index in [0.29, 0.717) is 5.75 Å². The summed E-state index contributed by atoms with van der Waals surface area (Å²) in [6.45, 7) is 4.01. The predicted molar refractivity (Wildman–Crippen MR) is 103 cm³/mol. The van der Waals surface area contributed by atoms with E-state index in [4.69, 9.17) is 0 Å². The smallest absolute Gasteiger partial charge is 0.259 e. The van der Waals surface area contributed by atoms with Crippen molar-refractivity contribution in [1.82, 2.24) is 9.97 Å². The summed E-state index contributed by atoms with van der Waals surface area (Å²) in [6, 6.07) is 14.7. The number of fused-ring (bicyclic) bond motifs is 2. The topological polar surface area (TPSA) is 45.8 Å². The SMILES string of the molecule is Cc1sc2nc(CSc3ccc4ccccc4c3)[nH]c(=O)c2c1C. The highest BCUT2D eigenvalue weighted by molar-refractivity contribution is 7.98. The van der Waals surface area contributed by atoms with Gasteiger partial charge >= 0.3 is 0 Å². The highest BCUT2D eigenvalue weighted by Crippen LogP contribution is 2.28. The Morgan fingerprint density at radius 3 is 2.75 bits per heavy atom. The molecule has 5 heteroatoms. The molecule has 0 spiro atoms. The van der Waals surface area contributed by atoms with Gasteiger partial charge in [-0.1, -0.05) is 30.3 Å². The molecule has 3 nitrogen and oxygen atoms in total. The molecule has 2 heterocycles. The first kappa shape index (κ1) is 15.4. The van der Waals surface area contributed by atoms with Gasteiger partial charge in [0.2, 0.25) is 0 Å². The lowest BCUT2D eigenvalue weighted by molar-refractivity contribution is 1.04. The molecule has 0 radical (unpaired) electrons. The summed E-state index contributed by atoms with van der Waals surface area (Å²) in [5.41, 5.74) is 1.01. The van der Waals surface area contributed by atoms with Gasteiger partial charge in [-0.3, -0.25) is 4.79 Å². The molecular formula is C19H16N2OS2. The van der Waals surface area contributed by atoms with Gasteiger partial charge < -0.3 is 4.98 Å². The molecule has 1 N–H and O–H groups in total. The van der Waals surface area contributed by atoms with E-state index in [1.807, 2.05) is 26.0 Å². The molecule has 0 amide bonds. The largest absolute Gasteiger partial charge is 0.309 e. The average Bonchev–Trinajstić information content (AvgIpc) is 2.87. The Bertz CT molecular complexity index is 1110. The summed E-state index contributed by atoms with van der Waals surface area (Å²) >= 11 is 3.28. The minimum atomic E-state index is -0.0315. The zero-order chi connectivity index (χ0) is 16.7. The maximum Gasteiger partial charge on any atom is 0.259 e. The van der Waals surface area contributed by atoms with E-state index in [2.05, 4.69) is 40.3 Å². The van der Waals surface area contributed by atoms with Crippen LogP contribution >= 0.6 is 23.1 Å². The molecule has 0 fully saturated rings. The van der Waals surface area contributed by atoms with Gasteiger partial charge in [-0.2, -0.15) is 0 Å². The van der Waals surface area contributed by atoms with Crippen molar-refractivity contribution in [2.45, 2.75) is 24.5 Å². The van der Waals surface area contributed by atoms with Crippen molar-refractivity contribution in [1.29, 1.82) is 0 Å². The third kappa shape index (κ3) is 2.74. The molecule has 2 aromatic heterocycles. The quantitative estimate of drug-likeness (QED) is 0.525. The number of hydrogen-bond acceptors (Lipinski definition) is 4. The fraction of sp³-hybridized carbons (Fsp3) is 0.158. The Labute approximate surface area is 147 Å². The molecular weight excluding hydrogens is 336 g/mol. The van der Waals surface area contributed by atoms with Crippen molar-refractivity contribution in [3.63, 3.8) is 0 Å². The lowest BCUT2D eigenvalue weighted by Gasteiger charge is -2.04. The Morgan fingerprint density at radius 2 is 1.92 bits per heavy atom. The van der Waals surface area contributed by atoms with Crippen LogP contribution in [0.1, 0.15) is 16.3 Å². The maximum atomic E-state index is 12.3. The summed E-state index contributed by atoms with van der Waals surface area (Å²) < 4.78 is 0. The number of nitrogens with zero attached hydrogens (tertiary/aromatic N) is 1. The number of hydrogen-bond donors (Lipinski definition) is 1. The van der Waals surface area contributed by atoms with E-state index in [9.17, 15) is 4.79 Å². The standard InChI is InChI=1S/C19H16N2OS2/c1-11-12(2)24-19-17(11)18(22)20-16(21-19)10-23-15-8-7-13-5-3-4-6-14(13)9-15/h3-9H,10H2,1-2H3,(H,20,21,22). The molecule has 2 aromatic carbocycles. The van der Waals surface area contributed by atoms with E-state index in [-0.39, 0.29) is 5.56 Å². The zero-order valence-electron chi connectivity index (χ0n) is 13.4. The van der Waals surface area contributed by atoms with Gasteiger partial charge in [-0.05, 0) is 42.3 Å². The van der Waals surface area contributed by atoms with Gasteiger partial charge in [0, 0.05) is 9.77 Å². The number of rotatable bonds is 3. The molecule has 0 aliphatic heterocycles. The normalized spacial score (nSPS) is 11.4. The van der Waals surface area contributed by atoms with Crippen molar-refractivity contribution >= 4 is 44.1 Å². The fourth-order valence-electron chi connectivity index (χ4n) is 2.78. The minimum Gasteiger partial charge on any atom is -0.309 e. The van der Waals surface area contributed by atoms with E-state index >= 15 is 0 Å². The van der Waals surface area contributed by atoms with E-state index in [0.717, 1.165) is 26.5 Å². The van der Waals surface area contributed by atoms with Gasteiger partial charge in [0.25, 0.3) is 5.56 Å². The molecule has 0 saturated heterocycles. The lowest BCUT2D eigenvalue weighted by atomic mass is 10.1. The average molecular weight is 352 g/mol. The monoisotopic (exact) mass is 352 g/mol. The first-order valence-corrected chi connectivity index (χ1v) is 9.52. The number of H-pyrrole nitrogens is 1. The van der Waals surface area contributed by atoms with Crippen LogP contribution in [0.25, 0.3) is 21.0 Å². The summed E-state index contributed by atoms with van der Waals surface area (Å²) in [5.74, 6) is 1.38. The summed E-state index contributed by atoms with van der Waals surface area (Å²) in [7, 11) is 0. The van der Waals surface area contributed by atoms with Crippen LogP contribution in [0.3, 0.4) is 0 Å². The van der Waals surface area contributed by atoms with Crippen LogP contribution in [0.2, 0.25) is 0 Å². The Balaban J connectivity index is 1.63. The van der Waals surface area contributed by atoms with Crippen LogP contribution in [-0.4, -0.2) is 9.97 Å². The molecule has 4 aromatic rings. The lowest BCUT2D eigenvalue weighted by Crippen LogP contribution is -2.10. The molecule has 0 unspecified atom stereocenters. The molecule has 120 valence electrons. The zero-order valence-corrected chi connectivity index (χ0v) is 15.1. The van der Waals surface area contributed by atoms with Crippen molar-refractivity contribution in [3.05, 3.63) is 69.1 Å². The van der Waals surface area contributed by atoms with Gasteiger partial charge in [-0.25, -0.2) is 4.98 Å². The maximum absolute atomic E-state index is 12.3. The van der Waals surface area contributed by atoms with Crippen molar-refractivity contribution in [2.24, 2.45) is 0 Å². The number of benzene rings is 2. The van der Waals surface area contributed by atoms with E-state index in [1.165, 1.54) is 15.7 Å². The van der Waals surface area contributed by atoms with E-state index in [1.54, 1.807) is 23.1 Å². The number of thiophene rings is 1. The van der Waals surface area contributed by atoms with Gasteiger partial charge in [0.1, 0.15) is 10.7 Å². The first-order chi connectivity index (χ1) is 11.6. The van der Waals surface area contributed by atoms with Crippen LogP contribution in [0.5, 0.6) is 0 Å². The van der Waals surface area contributed by atoms with Gasteiger partial charge in [0.05, 0.1) is 11.1 Å². The van der Waals surface area contributed by atoms with Gasteiger partial charge in [-0.15, -0.1) is 23.1 Å². The highest BCUT2D eigenvalue weighted by atomic mass is 32.2. The molecule has 0 bridgehead atoms. The second-order valence-corrected chi connectivity index (χ2v) is 8.03. The van der Waals surface area contributed by atoms with Crippen LogP contribution in [0, 0.1) is 13.8 Å². The second-order valence-electron chi connectivity index (χ2n) is 5.77. The number of aryl methyl sites for hydroxylation is 2. The van der Waals surface area contributed by atoms with Crippen molar-refractivity contribution < 1.29 is 0 Å². The molecule has 4 rings (SSSR count).